The van der Waals surface area contributed by atoms with Crippen LogP contribution >= 0.6 is 0 Å². The summed E-state index contributed by atoms with van der Waals surface area (Å²) in [5.74, 6) is 1.09. The highest BCUT2D eigenvalue weighted by atomic mass is 16.3. The molecule has 0 saturated carbocycles. The number of nitrogens with one attached hydrogen (secondary N) is 2. The van der Waals surface area contributed by atoms with Crippen molar-refractivity contribution >= 4 is 17.0 Å². The Hall–Kier alpha value is -2.56. The SMILES string of the molecule is Cc1ccc(-c2cc3nc(NC(C)(C)C)[nH]c(=O)c3o2)cc1. The van der Waals surface area contributed by atoms with Crippen molar-refractivity contribution in [3.63, 3.8) is 0 Å². The molecule has 0 amide bonds. The molecule has 5 nitrogen and oxygen atoms in total. The van der Waals surface area contributed by atoms with E-state index in [4.69, 9.17) is 4.42 Å². The average Bonchev–Trinajstić information content (AvgIpc) is 2.82. The fourth-order valence-electron chi connectivity index (χ4n) is 2.21. The van der Waals surface area contributed by atoms with Gasteiger partial charge in [-0.2, -0.15) is 0 Å². The Labute approximate surface area is 128 Å². The lowest BCUT2D eigenvalue weighted by molar-refractivity contribution is 0.617. The summed E-state index contributed by atoms with van der Waals surface area (Å²) in [6.45, 7) is 8.04. The molecule has 3 rings (SSSR count). The van der Waals surface area contributed by atoms with Gasteiger partial charge in [0.25, 0.3) is 5.56 Å². The van der Waals surface area contributed by atoms with Gasteiger partial charge in [0.05, 0.1) is 0 Å². The first-order chi connectivity index (χ1) is 10.3. The second-order valence-corrected chi connectivity index (χ2v) is 6.48. The van der Waals surface area contributed by atoms with Crippen LogP contribution in [0.3, 0.4) is 0 Å². The Kier molecular flexibility index (Phi) is 3.28. The molecule has 0 atom stereocenters. The third-order valence-electron chi connectivity index (χ3n) is 3.21. The van der Waals surface area contributed by atoms with E-state index in [0.29, 0.717) is 17.2 Å². The zero-order valence-electron chi connectivity index (χ0n) is 13.2. The normalized spacial score (nSPS) is 11.8. The number of hydrogen-bond donors (Lipinski definition) is 2. The summed E-state index contributed by atoms with van der Waals surface area (Å²) in [5, 5.41) is 3.16. The Morgan fingerprint density at radius 2 is 1.86 bits per heavy atom. The Morgan fingerprint density at radius 1 is 1.18 bits per heavy atom. The molecule has 0 radical (unpaired) electrons. The molecule has 114 valence electrons. The van der Waals surface area contributed by atoms with Gasteiger partial charge in [-0.15, -0.1) is 0 Å². The van der Waals surface area contributed by atoms with Crippen molar-refractivity contribution in [1.82, 2.24) is 9.97 Å². The first-order valence-electron chi connectivity index (χ1n) is 7.21. The van der Waals surface area contributed by atoms with Crippen LogP contribution in [0.1, 0.15) is 26.3 Å². The van der Waals surface area contributed by atoms with E-state index >= 15 is 0 Å². The molecule has 2 N–H and O–H groups in total. The Morgan fingerprint density at radius 3 is 2.50 bits per heavy atom. The summed E-state index contributed by atoms with van der Waals surface area (Å²) in [5.41, 5.74) is 2.42. The number of aryl methyl sites for hydroxylation is 1. The van der Waals surface area contributed by atoms with Gasteiger partial charge in [0.15, 0.2) is 0 Å². The Bertz CT molecular complexity index is 868. The maximum absolute atomic E-state index is 12.2. The third-order valence-corrected chi connectivity index (χ3v) is 3.21. The quantitative estimate of drug-likeness (QED) is 0.756. The van der Waals surface area contributed by atoms with Gasteiger partial charge in [-0.25, -0.2) is 4.98 Å². The van der Waals surface area contributed by atoms with Gasteiger partial charge >= 0.3 is 0 Å². The summed E-state index contributed by atoms with van der Waals surface area (Å²) >= 11 is 0. The molecule has 0 aliphatic carbocycles. The number of furan rings is 1. The molecular formula is C17H19N3O2. The highest BCUT2D eigenvalue weighted by molar-refractivity contribution is 5.79. The van der Waals surface area contributed by atoms with Gasteiger partial charge in [0.1, 0.15) is 11.3 Å². The van der Waals surface area contributed by atoms with Crippen LogP contribution in [0, 0.1) is 6.92 Å². The largest absolute Gasteiger partial charge is 0.449 e. The molecule has 0 aliphatic rings. The van der Waals surface area contributed by atoms with E-state index in [1.54, 1.807) is 6.07 Å². The highest BCUT2D eigenvalue weighted by Crippen LogP contribution is 2.26. The zero-order valence-corrected chi connectivity index (χ0v) is 13.2. The van der Waals surface area contributed by atoms with Crippen molar-refractivity contribution in [2.45, 2.75) is 33.2 Å². The predicted octanol–water partition coefficient (Wildman–Crippen LogP) is 3.70. The molecule has 0 bridgehead atoms. The van der Waals surface area contributed by atoms with E-state index in [2.05, 4.69) is 15.3 Å². The molecule has 0 unspecified atom stereocenters. The van der Waals surface area contributed by atoms with Crippen molar-refractivity contribution in [3.05, 3.63) is 46.2 Å². The van der Waals surface area contributed by atoms with E-state index in [9.17, 15) is 4.79 Å². The Balaban J connectivity index is 2.08. The molecule has 2 heterocycles. The lowest BCUT2D eigenvalue weighted by Crippen LogP contribution is -2.28. The molecule has 0 aliphatic heterocycles. The molecule has 0 spiro atoms. The predicted molar refractivity (Wildman–Crippen MR) is 88.2 cm³/mol. The zero-order chi connectivity index (χ0) is 15.9. The molecule has 3 aromatic rings. The van der Waals surface area contributed by atoms with Crippen molar-refractivity contribution in [2.24, 2.45) is 0 Å². The van der Waals surface area contributed by atoms with Crippen LogP contribution < -0.4 is 10.9 Å². The van der Waals surface area contributed by atoms with Crippen molar-refractivity contribution in [1.29, 1.82) is 0 Å². The molecule has 1 aromatic carbocycles. The monoisotopic (exact) mass is 297 g/mol. The minimum Gasteiger partial charge on any atom is -0.449 e. The second-order valence-electron chi connectivity index (χ2n) is 6.48. The minimum atomic E-state index is -0.282. The lowest BCUT2D eigenvalue weighted by Gasteiger charge is -2.20. The van der Waals surface area contributed by atoms with E-state index in [-0.39, 0.29) is 16.7 Å². The van der Waals surface area contributed by atoms with Crippen LogP contribution in [0.4, 0.5) is 5.95 Å². The van der Waals surface area contributed by atoms with Crippen molar-refractivity contribution in [2.75, 3.05) is 5.32 Å². The smallest absolute Gasteiger partial charge is 0.295 e. The van der Waals surface area contributed by atoms with Crippen LogP contribution in [-0.2, 0) is 0 Å². The van der Waals surface area contributed by atoms with Gasteiger partial charge in [0.2, 0.25) is 11.5 Å². The lowest BCUT2D eigenvalue weighted by atomic mass is 10.1. The maximum Gasteiger partial charge on any atom is 0.295 e. The summed E-state index contributed by atoms with van der Waals surface area (Å²) in [4.78, 5) is 19.3. The van der Waals surface area contributed by atoms with E-state index in [1.165, 1.54) is 5.56 Å². The maximum atomic E-state index is 12.2. The van der Waals surface area contributed by atoms with Crippen LogP contribution in [-0.4, -0.2) is 15.5 Å². The molecule has 0 fully saturated rings. The number of hydrogen-bond acceptors (Lipinski definition) is 4. The topological polar surface area (TPSA) is 70.9 Å². The number of H-pyrrole nitrogens is 1. The van der Waals surface area contributed by atoms with Gasteiger partial charge in [-0.3, -0.25) is 9.78 Å². The highest BCUT2D eigenvalue weighted by Gasteiger charge is 2.15. The molecule has 22 heavy (non-hydrogen) atoms. The molecule has 0 saturated heterocycles. The summed E-state index contributed by atoms with van der Waals surface area (Å²) < 4.78 is 5.68. The number of aromatic nitrogens is 2. The molecule has 2 aromatic heterocycles. The standard InChI is InChI=1S/C17H19N3O2/c1-10-5-7-11(8-6-10)13-9-12-14(22-13)15(21)19-16(18-12)20-17(2,3)4/h5-9H,1-4H3,(H2,18,19,20,21). The third kappa shape index (κ3) is 2.88. The molecule has 5 heteroatoms. The number of anilines is 1. The number of benzene rings is 1. The number of nitrogens with zero attached hydrogens (tertiary/aromatic N) is 1. The first kappa shape index (κ1) is 14.4. The van der Waals surface area contributed by atoms with Gasteiger partial charge in [-0.1, -0.05) is 29.8 Å². The van der Waals surface area contributed by atoms with Gasteiger partial charge in [0, 0.05) is 17.2 Å². The first-order valence-corrected chi connectivity index (χ1v) is 7.21. The van der Waals surface area contributed by atoms with Crippen LogP contribution in [0.25, 0.3) is 22.4 Å². The summed E-state index contributed by atoms with van der Waals surface area (Å²) in [7, 11) is 0. The number of aromatic amines is 1. The van der Waals surface area contributed by atoms with E-state index in [0.717, 1.165) is 5.56 Å². The van der Waals surface area contributed by atoms with Crippen molar-refractivity contribution in [3.8, 4) is 11.3 Å². The number of rotatable bonds is 2. The molecular weight excluding hydrogens is 278 g/mol. The second kappa shape index (κ2) is 5.02. The van der Waals surface area contributed by atoms with Gasteiger partial charge in [-0.05, 0) is 27.7 Å². The van der Waals surface area contributed by atoms with E-state index < -0.39 is 0 Å². The average molecular weight is 297 g/mol. The number of fused-ring (bicyclic) bond motifs is 1. The van der Waals surface area contributed by atoms with Crippen LogP contribution in [0.2, 0.25) is 0 Å². The minimum absolute atomic E-state index is 0.187. The van der Waals surface area contributed by atoms with Crippen molar-refractivity contribution < 1.29 is 4.42 Å². The van der Waals surface area contributed by atoms with Crippen LogP contribution in [0.5, 0.6) is 0 Å². The van der Waals surface area contributed by atoms with Gasteiger partial charge < -0.3 is 9.73 Å². The fraction of sp³-hybridized carbons (Fsp3) is 0.294. The summed E-state index contributed by atoms with van der Waals surface area (Å²) in [6, 6.07) is 9.74. The summed E-state index contributed by atoms with van der Waals surface area (Å²) in [6.07, 6.45) is 0. The van der Waals surface area contributed by atoms with E-state index in [1.807, 2.05) is 52.0 Å². The fourth-order valence-corrected chi connectivity index (χ4v) is 2.21. The van der Waals surface area contributed by atoms with Crippen LogP contribution in [0.15, 0.2) is 39.5 Å².